The average Bonchev–Trinajstić information content (AvgIpc) is 3.39. The summed E-state index contributed by atoms with van der Waals surface area (Å²) in [6, 6.07) is 14.5. The second-order valence-electron chi connectivity index (χ2n) is 15.4. The molecule has 0 aliphatic carbocycles. The summed E-state index contributed by atoms with van der Waals surface area (Å²) in [6.45, 7) is 17.9. The van der Waals surface area contributed by atoms with Gasteiger partial charge in [-0.1, -0.05) is 75.7 Å². The zero-order valence-corrected chi connectivity index (χ0v) is 30.9. The van der Waals surface area contributed by atoms with Gasteiger partial charge in [0.25, 0.3) is 0 Å². The molecule has 264 valence electrons. The smallest absolute Gasteiger partial charge is 0.411 e. The van der Waals surface area contributed by atoms with Crippen molar-refractivity contribution in [3.8, 4) is 0 Å². The van der Waals surface area contributed by atoms with Gasteiger partial charge in [0.15, 0.2) is 0 Å². The van der Waals surface area contributed by atoms with Crippen LogP contribution in [-0.4, -0.2) is 76.5 Å². The van der Waals surface area contributed by atoms with Gasteiger partial charge < -0.3 is 15.0 Å². The van der Waals surface area contributed by atoms with Gasteiger partial charge in [-0.25, -0.2) is 4.79 Å². The number of nitrogens with zero attached hydrogens (tertiary/aromatic N) is 3. The number of ether oxygens (including phenoxy) is 1. The summed E-state index contributed by atoms with van der Waals surface area (Å²) < 4.78 is 5.71. The van der Waals surface area contributed by atoms with E-state index in [2.05, 4.69) is 37.9 Å². The third kappa shape index (κ3) is 11.0. The molecular formula is C39H57ClN4O4. The van der Waals surface area contributed by atoms with E-state index in [-0.39, 0.29) is 18.2 Å². The molecule has 0 aromatic heterocycles. The highest BCUT2D eigenvalue weighted by atomic mass is 35.5. The van der Waals surface area contributed by atoms with E-state index in [9.17, 15) is 14.4 Å². The van der Waals surface area contributed by atoms with Crippen LogP contribution in [0.25, 0.3) is 0 Å². The van der Waals surface area contributed by atoms with Crippen molar-refractivity contribution >= 4 is 29.5 Å². The molecule has 1 fully saturated rings. The molecule has 1 N–H and O–H groups in total. The van der Waals surface area contributed by atoms with Crippen molar-refractivity contribution in [2.75, 3.05) is 26.2 Å². The number of carbonyl (C=O) groups excluding carboxylic acids is 3. The fraction of sp³-hybridized carbons (Fsp3) is 0.615. The normalized spacial score (nSPS) is 17.6. The lowest BCUT2D eigenvalue weighted by Crippen LogP contribution is -2.57. The molecule has 2 aromatic rings. The molecule has 2 unspecified atom stereocenters. The Kier molecular flexibility index (Phi) is 13.4. The molecule has 2 aliphatic heterocycles. The summed E-state index contributed by atoms with van der Waals surface area (Å²) in [5.41, 5.74) is 2.18. The predicted octanol–water partition coefficient (Wildman–Crippen LogP) is 7.63. The van der Waals surface area contributed by atoms with E-state index in [1.165, 1.54) is 25.7 Å². The number of benzene rings is 2. The second kappa shape index (κ2) is 17.0. The highest BCUT2D eigenvalue weighted by Crippen LogP contribution is 2.37. The van der Waals surface area contributed by atoms with E-state index in [0.717, 1.165) is 29.8 Å². The van der Waals surface area contributed by atoms with Gasteiger partial charge in [-0.3, -0.25) is 19.4 Å². The first-order valence-electron chi connectivity index (χ1n) is 17.8. The van der Waals surface area contributed by atoms with Crippen LogP contribution < -0.4 is 5.32 Å². The van der Waals surface area contributed by atoms with E-state index < -0.39 is 23.8 Å². The lowest BCUT2D eigenvalue weighted by molar-refractivity contribution is -0.138. The summed E-state index contributed by atoms with van der Waals surface area (Å²) in [4.78, 5) is 47.3. The Morgan fingerprint density at radius 3 is 2.06 bits per heavy atom. The van der Waals surface area contributed by atoms with Gasteiger partial charge in [0.2, 0.25) is 11.8 Å². The maximum atomic E-state index is 14.2. The summed E-state index contributed by atoms with van der Waals surface area (Å²) in [7, 11) is 0. The van der Waals surface area contributed by atoms with Crippen molar-refractivity contribution in [2.24, 2.45) is 11.8 Å². The minimum Gasteiger partial charge on any atom is -0.444 e. The summed E-state index contributed by atoms with van der Waals surface area (Å²) in [5.74, 6) is 0.981. The van der Waals surface area contributed by atoms with Crippen molar-refractivity contribution in [3.05, 3.63) is 70.2 Å². The van der Waals surface area contributed by atoms with Gasteiger partial charge in [0.1, 0.15) is 11.6 Å². The lowest BCUT2D eigenvalue weighted by atomic mass is 9.95. The Labute approximate surface area is 293 Å². The SMILES string of the molecule is CC(C)CCC(CCC(C)C)N1CCN(C(=O)C(Cc2ccc(Cl)cc2)NC(=O)CC2c3ccccc3CN2C(=O)OC(C)(C)C)CC1. The summed E-state index contributed by atoms with van der Waals surface area (Å²) in [6.07, 6.45) is 4.69. The van der Waals surface area contributed by atoms with E-state index >= 15 is 0 Å². The first-order chi connectivity index (χ1) is 22.7. The molecule has 0 bridgehead atoms. The lowest BCUT2D eigenvalue weighted by Gasteiger charge is -2.41. The topological polar surface area (TPSA) is 82.2 Å². The fourth-order valence-corrected chi connectivity index (χ4v) is 6.90. The number of halogens is 1. The van der Waals surface area contributed by atoms with Gasteiger partial charge in [0, 0.05) is 50.2 Å². The molecule has 8 nitrogen and oxygen atoms in total. The molecule has 4 rings (SSSR count). The van der Waals surface area contributed by atoms with Gasteiger partial charge in [-0.2, -0.15) is 0 Å². The van der Waals surface area contributed by atoms with Crippen molar-refractivity contribution in [1.29, 1.82) is 0 Å². The largest absolute Gasteiger partial charge is 0.444 e. The number of hydrogen-bond donors (Lipinski definition) is 1. The van der Waals surface area contributed by atoms with E-state index in [1.807, 2.05) is 74.2 Å². The maximum absolute atomic E-state index is 14.2. The molecule has 0 spiro atoms. The van der Waals surface area contributed by atoms with E-state index in [4.69, 9.17) is 16.3 Å². The number of amides is 3. The number of rotatable bonds is 13. The minimum absolute atomic E-state index is 0.0296. The molecular weight excluding hydrogens is 624 g/mol. The third-order valence-corrected chi connectivity index (χ3v) is 9.67. The van der Waals surface area contributed by atoms with Crippen molar-refractivity contribution in [2.45, 2.75) is 117 Å². The highest BCUT2D eigenvalue weighted by Gasteiger charge is 2.38. The van der Waals surface area contributed by atoms with Crippen LogP contribution in [0.2, 0.25) is 5.02 Å². The van der Waals surface area contributed by atoms with Gasteiger partial charge in [-0.05, 0) is 87.1 Å². The van der Waals surface area contributed by atoms with Crippen LogP contribution in [0.15, 0.2) is 48.5 Å². The zero-order valence-electron chi connectivity index (χ0n) is 30.1. The van der Waals surface area contributed by atoms with Gasteiger partial charge >= 0.3 is 6.09 Å². The van der Waals surface area contributed by atoms with Crippen molar-refractivity contribution in [1.82, 2.24) is 20.0 Å². The van der Waals surface area contributed by atoms with Gasteiger partial charge in [-0.15, -0.1) is 0 Å². The molecule has 2 aromatic carbocycles. The summed E-state index contributed by atoms with van der Waals surface area (Å²) >= 11 is 6.16. The number of hydrogen-bond acceptors (Lipinski definition) is 5. The maximum Gasteiger partial charge on any atom is 0.411 e. The molecule has 0 saturated carbocycles. The first kappa shape index (κ1) is 37.7. The standard InChI is InChI=1S/C39H57ClN4O4/c1-27(2)12-18-32(19-13-28(3)4)42-20-22-43(23-21-42)37(46)34(24-29-14-16-31(40)17-15-29)41-36(45)25-35-33-11-9-8-10-30(33)26-44(35)38(47)48-39(5,6)7/h8-11,14-17,27-28,32,34-35H,12-13,18-26H2,1-7H3,(H,41,45). The average molecular weight is 681 g/mol. The molecule has 48 heavy (non-hydrogen) atoms. The first-order valence-corrected chi connectivity index (χ1v) is 18.2. The Hall–Kier alpha value is -3.10. The number of nitrogens with one attached hydrogen (secondary N) is 1. The third-order valence-electron chi connectivity index (χ3n) is 9.42. The van der Waals surface area contributed by atoms with Crippen LogP contribution in [-0.2, 0) is 27.3 Å². The fourth-order valence-electron chi connectivity index (χ4n) is 6.77. The van der Waals surface area contributed by atoms with E-state index in [1.54, 1.807) is 4.90 Å². The minimum atomic E-state index is -0.741. The van der Waals surface area contributed by atoms with Crippen LogP contribution in [0.1, 0.15) is 103 Å². The molecule has 2 aliphatic rings. The van der Waals surface area contributed by atoms with Crippen molar-refractivity contribution < 1.29 is 19.1 Å². The van der Waals surface area contributed by atoms with E-state index in [0.29, 0.717) is 49.0 Å². The zero-order chi connectivity index (χ0) is 35.0. The Morgan fingerprint density at radius 1 is 0.875 bits per heavy atom. The number of piperazine rings is 1. The molecule has 2 heterocycles. The van der Waals surface area contributed by atoms with Crippen LogP contribution in [0.3, 0.4) is 0 Å². The summed E-state index contributed by atoms with van der Waals surface area (Å²) in [5, 5.41) is 3.71. The molecule has 2 atom stereocenters. The number of fused-ring (bicyclic) bond motifs is 1. The van der Waals surface area contributed by atoms with Crippen LogP contribution in [0.4, 0.5) is 4.79 Å². The molecule has 3 amide bonds. The van der Waals surface area contributed by atoms with Crippen molar-refractivity contribution in [3.63, 3.8) is 0 Å². The Bertz CT molecular complexity index is 1350. The monoisotopic (exact) mass is 680 g/mol. The predicted molar refractivity (Wildman–Crippen MR) is 193 cm³/mol. The van der Waals surface area contributed by atoms with Crippen LogP contribution in [0, 0.1) is 11.8 Å². The van der Waals surface area contributed by atoms with Crippen LogP contribution in [0.5, 0.6) is 0 Å². The van der Waals surface area contributed by atoms with Crippen LogP contribution >= 0.6 is 11.6 Å². The quantitative estimate of drug-likeness (QED) is 0.235. The number of carbonyl (C=O) groups is 3. The molecule has 0 radical (unpaired) electrons. The second-order valence-corrected chi connectivity index (χ2v) is 15.9. The molecule has 1 saturated heterocycles. The Balaban J connectivity index is 1.47. The highest BCUT2D eigenvalue weighted by molar-refractivity contribution is 6.30. The van der Waals surface area contributed by atoms with Gasteiger partial charge in [0.05, 0.1) is 12.5 Å². The molecule has 9 heteroatoms. The Morgan fingerprint density at radius 2 is 1.48 bits per heavy atom.